The van der Waals surface area contributed by atoms with E-state index in [-0.39, 0.29) is 12.5 Å². The zero-order chi connectivity index (χ0) is 13.0. The molecule has 0 spiro atoms. The number of aryl methyl sites for hydroxylation is 1. The molecule has 92 valence electrons. The fraction of sp³-hybridized carbons (Fsp3) is 0.333. The summed E-state index contributed by atoms with van der Waals surface area (Å²) in [5, 5.41) is 3.04. The van der Waals surface area contributed by atoms with Crippen LogP contribution in [0.5, 0.6) is 0 Å². The summed E-state index contributed by atoms with van der Waals surface area (Å²) in [6.45, 7) is 2.20. The number of hydrogen-bond acceptors (Lipinski definition) is 3. The summed E-state index contributed by atoms with van der Waals surface area (Å²) in [5.74, 6) is -0.000496. The summed E-state index contributed by atoms with van der Waals surface area (Å²) in [4.78, 5) is 13.3. The monoisotopic (exact) mass is 251 g/mol. The fourth-order valence-corrected chi connectivity index (χ4v) is 1.51. The third-order valence-corrected chi connectivity index (χ3v) is 2.59. The molecule has 0 aliphatic rings. The van der Waals surface area contributed by atoms with E-state index in [0.29, 0.717) is 4.99 Å². The van der Waals surface area contributed by atoms with Crippen LogP contribution >= 0.6 is 12.2 Å². The first-order valence-electron chi connectivity index (χ1n) is 5.26. The Morgan fingerprint density at radius 3 is 2.65 bits per heavy atom. The first-order chi connectivity index (χ1) is 7.91. The van der Waals surface area contributed by atoms with Crippen LogP contribution in [-0.4, -0.2) is 36.4 Å². The molecule has 0 aromatic heterocycles. The minimum atomic E-state index is -0.000496. The number of nitrogens with two attached hydrogens (primary N) is 1. The largest absolute Gasteiger partial charge is 0.389 e. The molecule has 0 atom stereocenters. The first-order valence-corrected chi connectivity index (χ1v) is 5.67. The van der Waals surface area contributed by atoms with E-state index in [9.17, 15) is 4.79 Å². The Morgan fingerprint density at radius 2 is 2.12 bits per heavy atom. The van der Waals surface area contributed by atoms with Gasteiger partial charge in [0.25, 0.3) is 0 Å². The number of likely N-dealkylation sites (N-methyl/N-ethyl adjacent to an activating group) is 1. The first kappa shape index (κ1) is 13.4. The Kier molecular flexibility index (Phi) is 4.45. The number of amides is 1. The van der Waals surface area contributed by atoms with Crippen LogP contribution in [0.3, 0.4) is 0 Å². The second-order valence-corrected chi connectivity index (χ2v) is 4.49. The molecule has 5 heteroatoms. The number of rotatable bonds is 4. The molecule has 1 amide bonds. The van der Waals surface area contributed by atoms with Crippen LogP contribution in [0.25, 0.3) is 0 Å². The molecule has 1 rings (SSSR count). The molecule has 0 saturated heterocycles. The van der Waals surface area contributed by atoms with Crippen molar-refractivity contribution in [2.45, 2.75) is 6.92 Å². The lowest BCUT2D eigenvalue weighted by atomic mass is 10.1. The molecule has 3 N–H and O–H groups in total. The predicted octanol–water partition coefficient (Wildman–Crippen LogP) is 1.13. The molecule has 0 fully saturated rings. The van der Waals surface area contributed by atoms with Gasteiger partial charge in [-0.25, -0.2) is 0 Å². The van der Waals surface area contributed by atoms with Gasteiger partial charge in [0.2, 0.25) is 5.91 Å². The van der Waals surface area contributed by atoms with Gasteiger partial charge in [0.05, 0.1) is 6.54 Å². The maximum absolute atomic E-state index is 11.5. The highest BCUT2D eigenvalue weighted by atomic mass is 32.1. The van der Waals surface area contributed by atoms with Gasteiger partial charge in [-0.2, -0.15) is 0 Å². The number of anilines is 1. The number of carbonyl (C=O) groups is 1. The van der Waals surface area contributed by atoms with Crippen LogP contribution in [-0.2, 0) is 4.79 Å². The van der Waals surface area contributed by atoms with E-state index < -0.39 is 0 Å². The van der Waals surface area contributed by atoms with Crippen molar-refractivity contribution in [3.8, 4) is 0 Å². The molecule has 1 aromatic rings. The van der Waals surface area contributed by atoms with Gasteiger partial charge in [-0.1, -0.05) is 23.8 Å². The van der Waals surface area contributed by atoms with Crippen LogP contribution in [0.2, 0.25) is 0 Å². The van der Waals surface area contributed by atoms with Crippen molar-refractivity contribution in [1.29, 1.82) is 0 Å². The van der Waals surface area contributed by atoms with Crippen LogP contribution in [0.4, 0.5) is 5.69 Å². The summed E-state index contributed by atoms with van der Waals surface area (Å²) in [7, 11) is 3.43. The van der Waals surface area contributed by atoms with Crippen molar-refractivity contribution < 1.29 is 4.79 Å². The molecule has 0 aliphatic carbocycles. The van der Waals surface area contributed by atoms with Crippen molar-refractivity contribution in [2.24, 2.45) is 5.73 Å². The number of benzene rings is 1. The van der Waals surface area contributed by atoms with E-state index in [1.54, 1.807) is 14.1 Å². The van der Waals surface area contributed by atoms with Gasteiger partial charge in [0.1, 0.15) is 4.99 Å². The minimum absolute atomic E-state index is 0.000496. The van der Waals surface area contributed by atoms with Crippen LogP contribution in [0.1, 0.15) is 11.1 Å². The van der Waals surface area contributed by atoms with Crippen molar-refractivity contribution in [1.82, 2.24) is 4.90 Å². The molecular weight excluding hydrogens is 234 g/mol. The second kappa shape index (κ2) is 5.63. The van der Waals surface area contributed by atoms with Crippen LogP contribution < -0.4 is 11.1 Å². The predicted molar refractivity (Wildman–Crippen MR) is 74.3 cm³/mol. The Labute approximate surface area is 107 Å². The SMILES string of the molecule is Cc1ccc(NCC(=O)N(C)C)c(C(N)=S)c1. The topological polar surface area (TPSA) is 58.4 Å². The highest BCUT2D eigenvalue weighted by molar-refractivity contribution is 7.80. The average Bonchev–Trinajstić information content (AvgIpc) is 2.26. The normalized spacial score (nSPS) is 9.82. The number of thiocarbonyl (C=S) groups is 1. The summed E-state index contributed by atoms with van der Waals surface area (Å²) in [6.07, 6.45) is 0. The van der Waals surface area contributed by atoms with Crippen molar-refractivity contribution in [2.75, 3.05) is 26.0 Å². The lowest BCUT2D eigenvalue weighted by Gasteiger charge is -2.14. The van der Waals surface area contributed by atoms with Gasteiger partial charge in [-0.3, -0.25) is 4.79 Å². The van der Waals surface area contributed by atoms with Gasteiger partial charge in [-0.05, 0) is 19.1 Å². The molecule has 0 radical (unpaired) electrons. The van der Waals surface area contributed by atoms with Gasteiger partial charge >= 0.3 is 0 Å². The number of nitrogens with one attached hydrogen (secondary N) is 1. The molecule has 0 unspecified atom stereocenters. The Balaban J connectivity index is 2.84. The Bertz CT molecular complexity index is 443. The summed E-state index contributed by atoms with van der Waals surface area (Å²) in [6, 6.07) is 5.74. The van der Waals surface area contributed by atoms with Crippen molar-refractivity contribution >= 4 is 28.8 Å². The highest BCUT2D eigenvalue weighted by Gasteiger charge is 2.08. The van der Waals surface area contributed by atoms with Crippen molar-refractivity contribution in [3.05, 3.63) is 29.3 Å². The van der Waals surface area contributed by atoms with Gasteiger partial charge in [-0.15, -0.1) is 0 Å². The van der Waals surface area contributed by atoms with E-state index in [2.05, 4.69) is 5.32 Å². The summed E-state index contributed by atoms with van der Waals surface area (Å²) in [5.41, 5.74) is 8.29. The Hall–Kier alpha value is -1.62. The molecule has 4 nitrogen and oxygen atoms in total. The van der Waals surface area contributed by atoms with Crippen molar-refractivity contribution in [3.63, 3.8) is 0 Å². The average molecular weight is 251 g/mol. The third kappa shape index (κ3) is 3.71. The quantitative estimate of drug-likeness (QED) is 0.788. The van der Waals surface area contributed by atoms with E-state index in [0.717, 1.165) is 16.8 Å². The van der Waals surface area contributed by atoms with Crippen LogP contribution in [0, 0.1) is 6.92 Å². The molecule has 0 aliphatic heterocycles. The third-order valence-electron chi connectivity index (χ3n) is 2.37. The maximum atomic E-state index is 11.5. The van der Waals surface area contributed by atoms with E-state index >= 15 is 0 Å². The lowest BCUT2D eigenvalue weighted by Crippen LogP contribution is -2.29. The molecule has 1 aromatic carbocycles. The zero-order valence-electron chi connectivity index (χ0n) is 10.3. The zero-order valence-corrected chi connectivity index (χ0v) is 11.1. The summed E-state index contributed by atoms with van der Waals surface area (Å²) < 4.78 is 0. The Morgan fingerprint density at radius 1 is 1.47 bits per heavy atom. The van der Waals surface area contributed by atoms with E-state index in [4.69, 9.17) is 18.0 Å². The molecular formula is C12H17N3OS. The van der Waals surface area contributed by atoms with Crippen LogP contribution in [0.15, 0.2) is 18.2 Å². The van der Waals surface area contributed by atoms with E-state index in [1.807, 2.05) is 25.1 Å². The second-order valence-electron chi connectivity index (χ2n) is 4.06. The summed E-state index contributed by atoms with van der Waals surface area (Å²) >= 11 is 4.98. The molecule has 0 bridgehead atoms. The fourth-order valence-electron chi connectivity index (χ4n) is 1.35. The standard InChI is InChI=1S/C12H17N3OS/c1-8-4-5-10(9(6-8)12(13)17)14-7-11(16)15(2)3/h4-6,14H,7H2,1-3H3,(H2,13,17). The smallest absolute Gasteiger partial charge is 0.241 e. The van der Waals surface area contributed by atoms with E-state index in [1.165, 1.54) is 4.90 Å². The number of nitrogens with zero attached hydrogens (tertiary/aromatic N) is 1. The minimum Gasteiger partial charge on any atom is -0.389 e. The maximum Gasteiger partial charge on any atom is 0.241 e. The highest BCUT2D eigenvalue weighted by Crippen LogP contribution is 2.17. The number of hydrogen-bond donors (Lipinski definition) is 2. The number of carbonyl (C=O) groups excluding carboxylic acids is 1. The lowest BCUT2D eigenvalue weighted by molar-refractivity contribution is -0.126. The van der Waals surface area contributed by atoms with Gasteiger partial charge in [0.15, 0.2) is 0 Å². The van der Waals surface area contributed by atoms with Gasteiger partial charge < -0.3 is 16.0 Å². The van der Waals surface area contributed by atoms with Gasteiger partial charge in [0, 0.05) is 25.3 Å². The molecule has 0 saturated carbocycles. The molecule has 0 heterocycles. The molecule has 17 heavy (non-hydrogen) atoms.